The van der Waals surface area contributed by atoms with Crippen molar-refractivity contribution >= 4 is 22.6 Å². The van der Waals surface area contributed by atoms with Gasteiger partial charge in [-0.2, -0.15) is 0 Å². The van der Waals surface area contributed by atoms with Crippen LogP contribution in [0.15, 0.2) is 42.5 Å². The lowest BCUT2D eigenvalue weighted by Crippen LogP contribution is -2.47. The molecule has 4 heteroatoms. The number of aliphatic carboxylic acids is 1. The number of carbonyl (C=O) groups excluding carboxylic acids is 1. The van der Waals surface area contributed by atoms with E-state index < -0.39 is 11.9 Å². The van der Waals surface area contributed by atoms with Crippen molar-refractivity contribution in [3.63, 3.8) is 0 Å². The van der Waals surface area contributed by atoms with Gasteiger partial charge in [-0.3, -0.25) is 9.59 Å². The van der Waals surface area contributed by atoms with Crippen molar-refractivity contribution in [2.24, 2.45) is 5.92 Å². The molecule has 2 aromatic carbocycles. The molecular formula is C18H19NO3. The van der Waals surface area contributed by atoms with Crippen molar-refractivity contribution < 1.29 is 14.7 Å². The summed E-state index contributed by atoms with van der Waals surface area (Å²) in [7, 11) is 0. The first-order chi connectivity index (χ1) is 10.6. The quantitative estimate of drug-likeness (QED) is 0.926. The standard InChI is InChI=1S/C18H19NO3/c1-12-9-10-14(18(21)22)11-19(12)17(20)16-8-4-6-13-5-2-3-7-15(13)16/h2-8,12,14H,9-11H2,1H3,(H,21,22). The molecule has 0 aliphatic carbocycles. The second-order valence-corrected chi connectivity index (χ2v) is 5.95. The maximum absolute atomic E-state index is 12.9. The summed E-state index contributed by atoms with van der Waals surface area (Å²) in [5.41, 5.74) is 0.649. The first-order valence-corrected chi connectivity index (χ1v) is 7.59. The highest BCUT2D eigenvalue weighted by Crippen LogP contribution is 2.26. The Morgan fingerprint density at radius 2 is 1.82 bits per heavy atom. The molecule has 0 spiro atoms. The van der Waals surface area contributed by atoms with E-state index in [0.29, 0.717) is 18.5 Å². The monoisotopic (exact) mass is 297 g/mol. The van der Waals surface area contributed by atoms with Gasteiger partial charge in [0.05, 0.1) is 5.92 Å². The van der Waals surface area contributed by atoms with Gasteiger partial charge in [0.1, 0.15) is 0 Å². The molecule has 4 nitrogen and oxygen atoms in total. The van der Waals surface area contributed by atoms with Crippen LogP contribution in [0.25, 0.3) is 10.8 Å². The third-order valence-corrected chi connectivity index (χ3v) is 4.51. The molecule has 1 N–H and O–H groups in total. The number of hydrogen-bond acceptors (Lipinski definition) is 2. The third kappa shape index (κ3) is 2.56. The van der Waals surface area contributed by atoms with E-state index in [2.05, 4.69) is 0 Å². The van der Waals surface area contributed by atoms with Crippen molar-refractivity contribution in [2.75, 3.05) is 6.54 Å². The van der Waals surface area contributed by atoms with Crippen LogP contribution in [-0.2, 0) is 4.79 Å². The zero-order valence-corrected chi connectivity index (χ0v) is 12.5. The van der Waals surface area contributed by atoms with Crippen LogP contribution in [0.5, 0.6) is 0 Å². The minimum absolute atomic E-state index is 0.0714. The Balaban J connectivity index is 1.96. The molecule has 2 aromatic rings. The Labute approximate surface area is 129 Å². The minimum Gasteiger partial charge on any atom is -0.481 e. The van der Waals surface area contributed by atoms with Crippen molar-refractivity contribution in [3.05, 3.63) is 48.0 Å². The minimum atomic E-state index is -0.817. The summed E-state index contributed by atoms with van der Waals surface area (Å²) in [5.74, 6) is -1.35. The van der Waals surface area contributed by atoms with Gasteiger partial charge in [-0.25, -0.2) is 0 Å². The number of nitrogens with zero attached hydrogens (tertiary/aromatic N) is 1. The fourth-order valence-electron chi connectivity index (χ4n) is 3.16. The van der Waals surface area contributed by atoms with Gasteiger partial charge < -0.3 is 10.0 Å². The van der Waals surface area contributed by atoms with Crippen LogP contribution in [-0.4, -0.2) is 34.5 Å². The summed E-state index contributed by atoms with van der Waals surface area (Å²) >= 11 is 0. The molecule has 1 amide bonds. The zero-order chi connectivity index (χ0) is 15.7. The number of piperidine rings is 1. The molecule has 0 saturated carbocycles. The van der Waals surface area contributed by atoms with E-state index in [1.165, 1.54) is 0 Å². The summed E-state index contributed by atoms with van der Waals surface area (Å²) in [4.78, 5) is 25.9. The number of benzene rings is 2. The Morgan fingerprint density at radius 3 is 2.59 bits per heavy atom. The molecule has 0 aromatic heterocycles. The highest BCUT2D eigenvalue weighted by molar-refractivity contribution is 6.07. The molecule has 1 saturated heterocycles. The molecule has 2 unspecified atom stereocenters. The normalized spacial score (nSPS) is 21.8. The lowest BCUT2D eigenvalue weighted by molar-refractivity contribution is -0.143. The first kappa shape index (κ1) is 14.6. The topological polar surface area (TPSA) is 57.6 Å². The smallest absolute Gasteiger partial charge is 0.308 e. The fraction of sp³-hybridized carbons (Fsp3) is 0.333. The molecule has 3 rings (SSSR count). The zero-order valence-electron chi connectivity index (χ0n) is 12.5. The second-order valence-electron chi connectivity index (χ2n) is 5.95. The predicted molar refractivity (Wildman–Crippen MR) is 84.8 cm³/mol. The van der Waals surface area contributed by atoms with Gasteiger partial charge in [-0.05, 0) is 36.6 Å². The van der Waals surface area contributed by atoms with Crippen LogP contribution < -0.4 is 0 Å². The first-order valence-electron chi connectivity index (χ1n) is 7.59. The van der Waals surface area contributed by atoms with Gasteiger partial charge in [0.25, 0.3) is 5.91 Å². The average Bonchev–Trinajstić information content (AvgIpc) is 2.54. The van der Waals surface area contributed by atoms with E-state index >= 15 is 0 Å². The Kier molecular flexibility index (Phi) is 3.84. The van der Waals surface area contributed by atoms with E-state index in [0.717, 1.165) is 17.2 Å². The number of carboxylic acid groups (broad SMARTS) is 1. The summed E-state index contributed by atoms with van der Waals surface area (Å²) in [6, 6.07) is 13.5. The van der Waals surface area contributed by atoms with Gasteiger partial charge in [-0.15, -0.1) is 0 Å². The number of amides is 1. The van der Waals surface area contributed by atoms with Gasteiger partial charge >= 0.3 is 5.97 Å². The van der Waals surface area contributed by atoms with Gasteiger partial charge in [0.15, 0.2) is 0 Å². The maximum atomic E-state index is 12.9. The second kappa shape index (κ2) is 5.79. The molecule has 1 fully saturated rings. The van der Waals surface area contributed by atoms with Crippen LogP contribution in [0.3, 0.4) is 0 Å². The van der Waals surface area contributed by atoms with E-state index in [4.69, 9.17) is 0 Å². The van der Waals surface area contributed by atoms with Crippen molar-refractivity contribution in [3.8, 4) is 0 Å². The molecule has 114 valence electrons. The van der Waals surface area contributed by atoms with Crippen LogP contribution in [0, 0.1) is 5.92 Å². The maximum Gasteiger partial charge on any atom is 0.308 e. The van der Waals surface area contributed by atoms with Crippen molar-refractivity contribution in [1.82, 2.24) is 4.90 Å². The molecule has 0 bridgehead atoms. The van der Waals surface area contributed by atoms with E-state index in [-0.39, 0.29) is 11.9 Å². The number of carboxylic acids is 1. The number of rotatable bonds is 2. The van der Waals surface area contributed by atoms with Crippen LogP contribution in [0.2, 0.25) is 0 Å². The molecule has 0 radical (unpaired) electrons. The molecular weight excluding hydrogens is 278 g/mol. The highest BCUT2D eigenvalue weighted by Gasteiger charge is 2.33. The van der Waals surface area contributed by atoms with Gasteiger partial charge in [-0.1, -0.05) is 36.4 Å². The van der Waals surface area contributed by atoms with Gasteiger partial charge in [0.2, 0.25) is 0 Å². The predicted octanol–water partition coefficient (Wildman–Crippen LogP) is 3.17. The van der Waals surface area contributed by atoms with E-state index in [1.807, 2.05) is 49.4 Å². The SMILES string of the molecule is CC1CCC(C(=O)O)CN1C(=O)c1cccc2ccccc12. The molecule has 1 aliphatic rings. The van der Waals surface area contributed by atoms with Crippen LogP contribution in [0.4, 0.5) is 0 Å². The number of fused-ring (bicyclic) bond motifs is 1. The largest absolute Gasteiger partial charge is 0.481 e. The van der Waals surface area contributed by atoms with Crippen LogP contribution >= 0.6 is 0 Å². The summed E-state index contributed by atoms with van der Waals surface area (Å²) in [6.07, 6.45) is 1.36. The third-order valence-electron chi connectivity index (χ3n) is 4.51. The summed E-state index contributed by atoms with van der Waals surface area (Å²) < 4.78 is 0. The molecule has 22 heavy (non-hydrogen) atoms. The van der Waals surface area contributed by atoms with Crippen LogP contribution in [0.1, 0.15) is 30.1 Å². The number of hydrogen-bond donors (Lipinski definition) is 1. The summed E-state index contributed by atoms with van der Waals surface area (Å²) in [6.45, 7) is 2.28. The molecule has 2 atom stereocenters. The molecule has 1 heterocycles. The number of carbonyl (C=O) groups is 2. The van der Waals surface area contributed by atoms with Crippen molar-refractivity contribution in [2.45, 2.75) is 25.8 Å². The Bertz CT molecular complexity index is 720. The number of likely N-dealkylation sites (tertiary alicyclic amines) is 1. The fourth-order valence-corrected chi connectivity index (χ4v) is 3.16. The van der Waals surface area contributed by atoms with Crippen molar-refractivity contribution in [1.29, 1.82) is 0 Å². The Morgan fingerprint density at radius 1 is 1.09 bits per heavy atom. The summed E-state index contributed by atoms with van der Waals surface area (Å²) in [5, 5.41) is 11.2. The average molecular weight is 297 g/mol. The lowest BCUT2D eigenvalue weighted by atomic mass is 9.92. The highest BCUT2D eigenvalue weighted by atomic mass is 16.4. The lowest BCUT2D eigenvalue weighted by Gasteiger charge is -2.36. The molecule has 1 aliphatic heterocycles. The van der Waals surface area contributed by atoms with E-state index in [1.54, 1.807) is 4.90 Å². The van der Waals surface area contributed by atoms with E-state index in [9.17, 15) is 14.7 Å². The Hall–Kier alpha value is -2.36. The van der Waals surface area contributed by atoms with Gasteiger partial charge in [0, 0.05) is 18.2 Å².